The van der Waals surface area contributed by atoms with Gasteiger partial charge in [0.15, 0.2) is 11.6 Å². The van der Waals surface area contributed by atoms with Gasteiger partial charge in [0, 0.05) is 5.41 Å². The monoisotopic (exact) mass is 286 g/mol. The fourth-order valence-electron chi connectivity index (χ4n) is 3.31. The number of nitrogens with zero attached hydrogens (tertiary/aromatic N) is 1. The van der Waals surface area contributed by atoms with Crippen LogP contribution in [0.3, 0.4) is 0 Å². The predicted octanol–water partition coefficient (Wildman–Crippen LogP) is 4.15. The molecule has 0 unspecified atom stereocenters. The van der Waals surface area contributed by atoms with Gasteiger partial charge in [-0.3, -0.25) is 0 Å². The summed E-state index contributed by atoms with van der Waals surface area (Å²) in [4.78, 5) is 0. The highest BCUT2D eigenvalue weighted by molar-refractivity contribution is 5.76. The van der Waals surface area contributed by atoms with E-state index < -0.39 is 0 Å². The van der Waals surface area contributed by atoms with Crippen LogP contribution in [0.2, 0.25) is 0 Å². The van der Waals surface area contributed by atoms with E-state index >= 15 is 0 Å². The molecule has 21 heavy (non-hydrogen) atoms. The molecule has 1 aromatic heterocycles. The Morgan fingerprint density at radius 1 is 1.14 bits per heavy atom. The molecule has 2 N–H and O–H groups in total. The number of anilines is 1. The molecule has 2 aromatic rings. The Bertz CT molecular complexity index is 610. The SMILES string of the molecule is COc1ccc(-c2c(N)noc2C2(C)CCCCC2)cc1. The number of rotatable bonds is 3. The number of benzene rings is 1. The summed E-state index contributed by atoms with van der Waals surface area (Å²) < 4.78 is 10.9. The topological polar surface area (TPSA) is 61.3 Å². The van der Waals surface area contributed by atoms with Crippen LogP contribution >= 0.6 is 0 Å². The van der Waals surface area contributed by atoms with Gasteiger partial charge in [0.1, 0.15) is 5.75 Å². The Morgan fingerprint density at radius 2 is 1.81 bits per heavy atom. The van der Waals surface area contributed by atoms with E-state index in [-0.39, 0.29) is 5.41 Å². The maximum absolute atomic E-state index is 6.07. The van der Waals surface area contributed by atoms with E-state index in [0.29, 0.717) is 5.82 Å². The number of nitrogens with two attached hydrogens (primary N) is 1. The summed E-state index contributed by atoms with van der Waals surface area (Å²) in [5.41, 5.74) is 8.10. The Morgan fingerprint density at radius 3 is 2.43 bits per heavy atom. The van der Waals surface area contributed by atoms with Gasteiger partial charge in [-0.2, -0.15) is 0 Å². The van der Waals surface area contributed by atoms with Crippen molar-refractivity contribution < 1.29 is 9.26 Å². The maximum atomic E-state index is 6.07. The summed E-state index contributed by atoms with van der Waals surface area (Å²) in [6.07, 6.45) is 6.03. The number of hydrogen-bond donors (Lipinski definition) is 1. The molecule has 1 aromatic carbocycles. The first-order valence-corrected chi connectivity index (χ1v) is 7.54. The molecule has 0 radical (unpaired) electrons. The molecule has 1 aliphatic carbocycles. The van der Waals surface area contributed by atoms with Crippen molar-refractivity contribution in [2.24, 2.45) is 0 Å². The Balaban J connectivity index is 2.03. The lowest BCUT2D eigenvalue weighted by molar-refractivity contribution is 0.242. The van der Waals surface area contributed by atoms with E-state index in [1.807, 2.05) is 24.3 Å². The molecule has 0 aliphatic heterocycles. The smallest absolute Gasteiger partial charge is 0.175 e. The van der Waals surface area contributed by atoms with Crippen LogP contribution in [0.25, 0.3) is 11.1 Å². The first-order valence-electron chi connectivity index (χ1n) is 7.54. The van der Waals surface area contributed by atoms with E-state index in [1.54, 1.807) is 7.11 Å². The van der Waals surface area contributed by atoms with Crippen LogP contribution in [0.15, 0.2) is 28.8 Å². The summed E-state index contributed by atoms with van der Waals surface area (Å²) in [6.45, 7) is 2.26. The molecule has 1 saturated carbocycles. The second-order valence-corrected chi connectivity index (χ2v) is 6.12. The van der Waals surface area contributed by atoms with Crippen LogP contribution in [0.1, 0.15) is 44.8 Å². The zero-order valence-electron chi connectivity index (χ0n) is 12.7. The maximum Gasteiger partial charge on any atom is 0.175 e. The first-order chi connectivity index (χ1) is 10.1. The van der Waals surface area contributed by atoms with Crippen molar-refractivity contribution in [3.63, 3.8) is 0 Å². The van der Waals surface area contributed by atoms with E-state index in [2.05, 4.69) is 12.1 Å². The van der Waals surface area contributed by atoms with Crippen molar-refractivity contribution in [2.45, 2.75) is 44.4 Å². The van der Waals surface area contributed by atoms with E-state index in [1.165, 1.54) is 19.3 Å². The molecule has 0 bridgehead atoms. The first kappa shape index (κ1) is 14.0. The van der Waals surface area contributed by atoms with Gasteiger partial charge in [0.05, 0.1) is 12.7 Å². The fourth-order valence-corrected chi connectivity index (χ4v) is 3.31. The third-order valence-electron chi connectivity index (χ3n) is 4.60. The molecule has 1 aliphatic rings. The normalized spacial score (nSPS) is 17.6. The number of aromatic nitrogens is 1. The number of hydrogen-bond acceptors (Lipinski definition) is 4. The van der Waals surface area contributed by atoms with Gasteiger partial charge in [-0.05, 0) is 30.5 Å². The van der Waals surface area contributed by atoms with Gasteiger partial charge in [0.2, 0.25) is 0 Å². The van der Waals surface area contributed by atoms with Gasteiger partial charge in [-0.25, -0.2) is 0 Å². The van der Waals surface area contributed by atoms with Gasteiger partial charge in [0.25, 0.3) is 0 Å². The summed E-state index contributed by atoms with van der Waals surface area (Å²) in [5, 5.41) is 4.03. The molecule has 112 valence electrons. The summed E-state index contributed by atoms with van der Waals surface area (Å²) >= 11 is 0. The van der Waals surface area contributed by atoms with Crippen molar-refractivity contribution in [3.05, 3.63) is 30.0 Å². The van der Waals surface area contributed by atoms with Crippen molar-refractivity contribution in [1.82, 2.24) is 5.16 Å². The minimum Gasteiger partial charge on any atom is -0.497 e. The minimum atomic E-state index is 0.0398. The predicted molar refractivity (Wildman–Crippen MR) is 83.3 cm³/mol. The Hall–Kier alpha value is -1.97. The van der Waals surface area contributed by atoms with Crippen LogP contribution < -0.4 is 10.5 Å². The van der Waals surface area contributed by atoms with E-state index in [0.717, 1.165) is 35.5 Å². The number of nitrogen functional groups attached to an aromatic ring is 1. The zero-order valence-corrected chi connectivity index (χ0v) is 12.7. The highest BCUT2D eigenvalue weighted by Crippen LogP contribution is 2.45. The third-order valence-corrected chi connectivity index (χ3v) is 4.60. The standard InChI is InChI=1S/C17H22N2O2/c1-17(10-4-3-5-11-17)15-14(16(18)19-21-15)12-6-8-13(20-2)9-7-12/h6-9H,3-5,10-11H2,1-2H3,(H2,18,19). The Labute approximate surface area is 125 Å². The molecule has 1 heterocycles. The average Bonchev–Trinajstić information content (AvgIpc) is 2.91. The minimum absolute atomic E-state index is 0.0398. The summed E-state index contributed by atoms with van der Waals surface area (Å²) in [6, 6.07) is 7.90. The molecule has 0 atom stereocenters. The van der Waals surface area contributed by atoms with Gasteiger partial charge in [-0.1, -0.05) is 43.5 Å². The zero-order chi connectivity index (χ0) is 14.9. The molecule has 1 fully saturated rings. The largest absolute Gasteiger partial charge is 0.497 e. The van der Waals surface area contributed by atoms with Crippen LogP contribution in [0, 0.1) is 0 Å². The lowest BCUT2D eigenvalue weighted by Gasteiger charge is -2.31. The number of methoxy groups -OCH3 is 1. The van der Waals surface area contributed by atoms with E-state index in [9.17, 15) is 0 Å². The van der Waals surface area contributed by atoms with Crippen LogP contribution in [-0.4, -0.2) is 12.3 Å². The van der Waals surface area contributed by atoms with Crippen molar-refractivity contribution in [3.8, 4) is 16.9 Å². The second-order valence-electron chi connectivity index (χ2n) is 6.12. The molecule has 4 nitrogen and oxygen atoms in total. The molecular weight excluding hydrogens is 264 g/mol. The van der Waals surface area contributed by atoms with E-state index in [4.69, 9.17) is 15.0 Å². The third kappa shape index (κ3) is 2.50. The molecule has 0 spiro atoms. The lowest BCUT2D eigenvalue weighted by atomic mass is 9.72. The molecule has 3 rings (SSSR count). The van der Waals surface area contributed by atoms with Gasteiger partial charge < -0.3 is 15.0 Å². The molecule has 0 amide bonds. The molecular formula is C17H22N2O2. The van der Waals surface area contributed by atoms with Crippen molar-refractivity contribution >= 4 is 5.82 Å². The second kappa shape index (κ2) is 5.43. The van der Waals surface area contributed by atoms with Gasteiger partial charge in [-0.15, -0.1) is 0 Å². The summed E-state index contributed by atoms with van der Waals surface area (Å²) in [7, 11) is 1.66. The Kier molecular flexibility index (Phi) is 3.62. The van der Waals surface area contributed by atoms with Gasteiger partial charge >= 0.3 is 0 Å². The summed E-state index contributed by atoms with van der Waals surface area (Å²) in [5.74, 6) is 2.24. The highest BCUT2D eigenvalue weighted by atomic mass is 16.5. The highest BCUT2D eigenvalue weighted by Gasteiger charge is 2.36. The molecule has 0 saturated heterocycles. The molecule has 4 heteroatoms. The quantitative estimate of drug-likeness (QED) is 0.920. The van der Waals surface area contributed by atoms with Crippen LogP contribution in [-0.2, 0) is 5.41 Å². The van der Waals surface area contributed by atoms with Crippen LogP contribution in [0.5, 0.6) is 5.75 Å². The van der Waals surface area contributed by atoms with Crippen LogP contribution in [0.4, 0.5) is 5.82 Å². The van der Waals surface area contributed by atoms with Crippen molar-refractivity contribution in [2.75, 3.05) is 12.8 Å². The van der Waals surface area contributed by atoms with Crippen molar-refractivity contribution in [1.29, 1.82) is 0 Å². The number of ether oxygens (including phenoxy) is 1. The average molecular weight is 286 g/mol. The lowest BCUT2D eigenvalue weighted by Crippen LogP contribution is -2.25. The fraction of sp³-hybridized carbons (Fsp3) is 0.471.